The van der Waals surface area contributed by atoms with Gasteiger partial charge in [0.15, 0.2) is 12.7 Å². The molecule has 132 valence electrons. The minimum Gasteiger partial charge on any atom is -0.482 e. The highest BCUT2D eigenvalue weighted by Gasteiger charge is 2.20. The van der Waals surface area contributed by atoms with E-state index in [1.165, 1.54) is 19.3 Å². The Labute approximate surface area is 147 Å². The van der Waals surface area contributed by atoms with Crippen LogP contribution >= 0.6 is 11.6 Å². The highest BCUT2D eigenvalue weighted by molar-refractivity contribution is 6.30. The second kappa shape index (κ2) is 9.52. The fourth-order valence-corrected chi connectivity index (χ4v) is 2.86. The highest BCUT2D eigenvalue weighted by atomic mass is 35.5. The number of carbonyl (C=O) groups is 2. The van der Waals surface area contributed by atoms with Crippen LogP contribution in [0.25, 0.3) is 0 Å². The first-order valence-electron chi connectivity index (χ1n) is 8.40. The first-order valence-corrected chi connectivity index (χ1v) is 8.78. The molecular formula is C18H24ClNO4. The molecule has 1 aliphatic carbocycles. The summed E-state index contributed by atoms with van der Waals surface area (Å²) in [7, 11) is 0. The molecule has 0 radical (unpaired) electrons. The molecule has 1 aromatic rings. The summed E-state index contributed by atoms with van der Waals surface area (Å²) in [4.78, 5) is 23.7. The molecule has 1 aromatic carbocycles. The molecule has 2 rings (SSSR count). The van der Waals surface area contributed by atoms with Crippen LogP contribution in [0.2, 0.25) is 5.02 Å². The van der Waals surface area contributed by atoms with Gasteiger partial charge in [0.05, 0.1) is 0 Å². The Bertz CT molecular complexity index is 540. The molecule has 1 N–H and O–H groups in total. The molecule has 1 fully saturated rings. The summed E-state index contributed by atoms with van der Waals surface area (Å²) in [5, 5.41) is 3.46. The summed E-state index contributed by atoms with van der Waals surface area (Å²) in [5.74, 6) is 0.218. The number of hydrogen-bond acceptors (Lipinski definition) is 4. The largest absolute Gasteiger partial charge is 0.482 e. The Balaban J connectivity index is 1.66. The van der Waals surface area contributed by atoms with Crippen LogP contribution in [0, 0.1) is 5.92 Å². The van der Waals surface area contributed by atoms with Gasteiger partial charge >= 0.3 is 5.97 Å². The molecular weight excluding hydrogens is 330 g/mol. The number of hydrogen-bond donors (Lipinski definition) is 1. The molecule has 0 aliphatic heterocycles. The van der Waals surface area contributed by atoms with E-state index in [0.717, 1.165) is 12.8 Å². The van der Waals surface area contributed by atoms with Crippen LogP contribution in [0.3, 0.4) is 0 Å². The summed E-state index contributed by atoms with van der Waals surface area (Å²) in [5.41, 5.74) is 0. The monoisotopic (exact) mass is 353 g/mol. The maximum atomic E-state index is 12.0. The minimum absolute atomic E-state index is 0.248. The minimum atomic E-state index is -0.824. The number of ether oxygens (including phenoxy) is 2. The van der Waals surface area contributed by atoms with Gasteiger partial charge in [-0.1, -0.05) is 30.9 Å². The summed E-state index contributed by atoms with van der Waals surface area (Å²) < 4.78 is 10.4. The zero-order valence-electron chi connectivity index (χ0n) is 13.9. The van der Waals surface area contributed by atoms with Crippen LogP contribution in [0.1, 0.15) is 39.0 Å². The lowest BCUT2D eigenvalue weighted by molar-refractivity contribution is -0.156. The lowest BCUT2D eigenvalue weighted by Crippen LogP contribution is -2.39. The fraction of sp³-hybridized carbons (Fsp3) is 0.556. The molecule has 1 atom stereocenters. The molecule has 0 bridgehead atoms. The van der Waals surface area contributed by atoms with Crippen LogP contribution in [0.4, 0.5) is 0 Å². The second-order valence-corrected chi connectivity index (χ2v) is 6.56. The van der Waals surface area contributed by atoms with E-state index < -0.39 is 12.1 Å². The van der Waals surface area contributed by atoms with Crippen molar-refractivity contribution < 1.29 is 19.1 Å². The van der Waals surface area contributed by atoms with E-state index in [0.29, 0.717) is 23.2 Å². The predicted octanol–water partition coefficient (Wildman–Crippen LogP) is 3.35. The molecule has 6 heteroatoms. The number of nitrogens with one attached hydrogen (secondary N) is 1. The predicted molar refractivity (Wildman–Crippen MR) is 92.1 cm³/mol. The van der Waals surface area contributed by atoms with Crippen molar-refractivity contribution in [2.24, 2.45) is 5.92 Å². The van der Waals surface area contributed by atoms with Crippen LogP contribution in [0.5, 0.6) is 5.75 Å². The molecule has 0 heterocycles. The average Bonchev–Trinajstić information content (AvgIpc) is 2.60. The van der Waals surface area contributed by atoms with Gasteiger partial charge < -0.3 is 14.8 Å². The summed E-state index contributed by atoms with van der Waals surface area (Å²) in [6, 6.07) is 6.67. The molecule has 0 spiro atoms. The lowest BCUT2D eigenvalue weighted by Gasteiger charge is -2.22. The Hall–Kier alpha value is -1.75. The molecule has 1 aliphatic rings. The third-order valence-corrected chi connectivity index (χ3v) is 4.39. The van der Waals surface area contributed by atoms with Gasteiger partial charge in [0.25, 0.3) is 5.91 Å². The van der Waals surface area contributed by atoms with E-state index in [1.807, 2.05) is 0 Å². The van der Waals surface area contributed by atoms with E-state index in [-0.39, 0.29) is 12.5 Å². The Kier molecular flexibility index (Phi) is 7.37. The van der Waals surface area contributed by atoms with E-state index in [1.54, 1.807) is 31.2 Å². The van der Waals surface area contributed by atoms with Gasteiger partial charge in [-0.25, -0.2) is 4.79 Å². The zero-order valence-corrected chi connectivity index (χ0v) is 14.7. The van der Waals surface area contributed by atoms with Gasteiger partial charge in [-0.15, -0.1) is 0 Å². The lowest BCUT2D eigenvalue weighted by atomic mass is 9.89. The summed E-state index contributed by atoms with van der Waals surface area (Å²) in [6.07, 6.45) is 5.23. The quantitative estimate of drug-likeness (QED) is 0.763. The number of carbonyl (C=O) groups excluding carboxylic acids is 2. The van der Waals surface area contributed by atoms with E-state index in [4.69, 9.17) is 21.1 Å². The smallest absolute Gasteiger partial charge is 0.344 e. The van der Waals surface area contributed by atoms with Crippen LogP contribution in [-0.4, -0.2) is 31.1 Å². The van der Waals surface area contributed by atoms with E-state index in [2.05, 4.69) is 5.32 Å². The second-order valence-electron chi connectivity index (χ2n) is 6.12. The first kappa shape index (κ1) is 18.6. The number of amides is 1. The van der Waals surface area contributed by atoms with Crippen molar-refractivity contribution in [2.75, 3.05) is 13.2 Å². The normalized spacial score (nSPS) is 16.2. The van der Waals surface area contributed by atoms with Crippen molar-refractivity contribution >= 4 is 23.5 Å². The van der Waals surface area contributed by atoms with Crippen molar-refractivity contribution in [1.82, 2.24) is 5.32 Å². The van der Waals surface area contributed by atoms with Crippen molar-refractivity contribution in [3.63, 3.8) is 0 Å². The Morgan fingerprint density at radius 1 is 1.21 bits per heavy atom. The molecule has 0 unspecified atom stereocenters. The van der Waals surface area contributed by atoms with E-state index >= 15 is 0 Å². The summed E-state index contributed by atoms with van der Waals surface area (Å²) >= 11 is 5.77. The number of benzene rings is 1. The van der Waals surface area contributed by atoms with Crippen LogP contribution in [0.15, 0.2) is 24.3 Å². The van der Waals surface area contributed by atoms with Crippen molar-refractivity contribution in [3.05, 3.63) is 29.3 Å². The Morgan fingerprint density at radius 2 is 1.88 bits per heavy atom. The van der Waals surface area contributed by atoms with Crippen LogP contribution < -0.4 is 10.1 Å². The van der Waals surface area contributed by atoms with Gasteiger partial charge in [-0.05, 0) is 49.9 Å². The molecule has 1 amide bonds. The molecule has 0 aromatic heterocycles. The van der Waals surface area contributed by atoms with Gasteiger partial charge in [-0.2, -0.15) is 0 Å². The van der Waals surface area contributed by atoms with Gasteiger partial charge in [-0.3, -0.25) is 4.79 Å². The molecule has 24 heavy (non-hydrogen) atoms. The molecule has 5 nitrogen and oxygen atoms in total. The molecule has 1 saturated carbocycles. The van der Waals surface area contributed by atoms with Crippen molar-refractivity contribution in [1.29, 1.82) is 0 Å². The van der Waals surface area contributed by atoms with Gasteiger partial charge in [0.2, 0.25) is 0 Å². The number of esters is 1. The maximum absolute atomic E-state index is 12.0. The Morgan fingerprint density at radius 3 is 2.54 bits per heavy atom. The summed E-state index contributed by atoms with van der Waals surface area (Å²) in [6.45, 7) is 1.97. The third kappa shape index (κ3) is 6.40. The fourth-order valence-electron chi connectivity index (χ4n) is 2.74. The number of rotatable bonds is 7. The average molecular weight is 354 g/mol. The highest BCUT2D eigenvalue weighted by Crippen LogP contribution is 2.22. The van der Waals surface area contributed by atoms with E-state index in [9.17, 15) is 9.59 Å². The van der Waals surface area contributed by atoms with Gasteiger partial charge in [0, 0.05) is 11.6 Å². The zero-order chi connectivity index (χ0) is 17.4. The standard InChI is InChI=1S/C18H24ClNO4/c1-13(18(22)20-11-14-5-3-2-4-6-14)24-17(21)12-23-16-9-7-15(19)8-10-16/h7-10,13-14H,2-6,11-12H2,1H3,(H,20,22)/t13-/m1/s1. The van der Waals surface area contributed by atoms with Gasteiger partial charge in [0.1, 0.15) is 5.75 Å². The maximum Gasteiger partial charge on any atom is 0.344 e. The van der Waals surface area contributed by atoms with Crippen molar-refractivity contribution in [3.8, 4) is 5.75 Å². The number of halogens is 1. The van der Waals surface area contributed by atoms with Crippen molar-refractivity contribution in [2.45, 2.75) is 45.1 Å². The SMILES string of the molecule is C[C@@H](OC(=O)COc1ccc(Cl)cc1)C(=O)NCC1CCCCC1. The van der Waals surface area contributed by atoms with Crippen LogP contribution in [-0.2, 0) is 14.3 Å². The third-order valence-electron chi connectivity index (χ3n) is 4.14. The first-order chi connectivity index (χ1) is 11.5. The molecule has 0 saturated heterocycles. The topological polar surface area (TPSA) is 64.6 Å².